The first kappa shape index (κ1) is 17.5. The molecule has 0 fully saturated rings. The van der Waals surface area contributed by atoms with E-state index < -0.39 is 18.8 Å². The summed E-state index contributed by atoms with van der Waals surface area (Å²) in [5.74, 6) is -0.943. The second-order valence-electron chi connectivity index (χ2n) is 5.05. The number of alkyl halides is 3. The van der Waals surface area contributed by atoms with E-state index in [2.05, 4.69) is 11.7 Å². The number of carbonyl (C=O) groups excluding carboxylic acids is 1. The lowest BCUT2D eigenvalue weighted by Crippen LogP contribution is -2.20. The Bertz CT molecular complexity index is 424. The molecule has 0 bridgehead atoms. The minimum atomic E-state index is -4.49. The maximum absolute atomic E-state index is 11.9. The maximum atomic E-state index is 11.9. The summed E-state index contributed by atoms with van der Waals surface area (Å²) in [6.45, 7) is 0.613. The molecule has 0 unspecified atom stereocenters. The van der Waals surface area contributed by atoms with E-state index in [0.29, 0.717) is 0 Å². The number of ether oxygens (including phenoxy) is 1. The number of rotatable bonds is 8. The van der Waals surface area contributed by atoms with Crippen molar-refractivity contribution in [3.8, 4) is 0 Å². The standard InChI is InChI=1S/C16H21F3O2/c1-2-3-4-5-6-7-13-8-10-14(11-9-13)15(20)21-12-16(17,18)19/h8-11H,2-7,12H2,1H3. The first-order valence-electron chi connectivity index (χ1n) is 7.25. The summed E-state index contributed by atoms with van der Waals surface area (Å²) in [4.78, 5) is 11.4. The second-order valence-corrected chi connectivity index (χ2v) is 5.05. The summed E-state index contributed by atoms with van der Waals surface area (Å²) in [6, 6.07) is 6.56. The molecule has 5 heteroatoms. The van der Waals surface area contributed by atoms with Crippen LogP contribution in [-0.4, -0.2) is 18.8 Å². The van der Waals surface area contributed by atoms with Crippen molar-refractivity contribution < 1.29 is 22.7 Å². The van der Waals surface area contributed by atoms with Gasteiger partial charge in [0, 0.05) is 0 Å². The molecule has 0 radical (unpaired) electrons. The molecule has 0 aromatic heterocycles. The fourth-order valence-electron chi connectivity index (χ4n) is 1.97. The van der Waals surface area contributed by atoms with E-state index in [-0.39, 0.29) is 5.56 Å². The van der Waals surface area contributed by atoms with Crippen LogP contribution in [-0.2, 0) is 11.2 Å². The molecule has 0 heterocycles. The molecular weight excluding hydrogens is 281 g/mol. The molecule has 118 valence electrons. The van der Waals surface area contributed by atoms with Gasteiger partial charge in [-0.15, -0.1) is 0 Å². The van der Waals surface area contributed by atoms with E-state index in [1.165, 1.54) is 37.8 Å². The summed E-state index contributed by atoms with van der Waals surface area (Å²) >= 11 is 0. The van der Waals surface area contributed by atoms with Gasteiger partial charge in [-0.1, -0.05) is 44.7 Å². The SMILES string of the molecule is CCCCCCCc1ccc(C(=O)OCC(F)(F)F)cc1. The zero-order chi connectivity index (χ0) is 15.7. The molecule has 0 spiro atoms. The van der Waals surface area contributed by atoms with Crippen LogP contribution >= 0.6 is 0 Å². The molecule has 0 aliphatic rings. The van der Waals surface area contributed by atoms with E-state index in [4.69, 9.17) is 0 Å². The quantitative estimate of drug-likeness (QED) is 0.503. The zero-order valence-electron chi connectivity index (χ0n) is 12.2. The molecule has 0 N–H and O–H groups in total. The van der Waals surface area contributed by atoms with Gasteiger partial charge in [-0.25, -0.2) is 4.79 Å². The average Bonchev–Trinajstić information content (AvgIpc) is 2.44. The van der Waals surface area contributed by atoms with Crippen LogP contribution in [0.25, 0.3) is 0 Å². The number of carbonyl (C=O) groups is 1. The van der Waals surface area contributed by atoms with Gasteiger partial charge < -0.3 is 4.74 Å². The number of hydrogen-bond donors (Lipinski definition) is 0. The van der Waals surface area contributed by atoms with E-state index in [9.17, 15) is 18.0 Å². The molecule has 21 heavy (non-hydrogen) atoms. The summed E-state index contributed by atoms with van der Waals surface area (Å²) in [5, 5.41) is 0. The average molecular weight is 302 g/mol. The minimum absolute atomic E-state index is 0.147. The molecule has 0 aliphatic carbocycles. The predicted molar refractivity (Wildman–Crippen MR) is 75.2 cm³/mol. The number of benzene rings is 1. The lowest BCUT2D eigenvalue weighted by molar-refractivity contribution is -0.161. The van der Waals surface area contributed by atoms with E-state index in [1.807, 2.05) is 0 Å². The van der Waals surface area contributed by atoms with Gasteiger partial charge in [0.05, 0.1) is 5.56 Å². The Hall–Kier alpha value is -1.52. The Morgan fingerprint density at radius 1 is 1.05 bits per heavy atom. The topological polar surface area (TPSA) is 26.3 Å². The fourth-order valence-corrected chi connectivity index (χ4v) is 1.97. The fraction of sp³-hybridized carbons (Fsp3) is 0.562. The van der Waals surface area contributed by atoms with Crippen LogP contribution < -0.4 is 0 Å². The molecule has 1 aromatic carbocycles. The Kier molecular flexibility index (Phi) is 7.26. The van der Waals surface area contributed by atoms with E-state index >= 15 is 0 Å². The van der Waals surface area contributed by atoms with E-state index in [0.717, 1.165) is 18.4 Å². The summed E-state index contributed by atoms with van der Waals surface area (Å²) in [6.07, 6.45) is 2.34. The highest BCUT2D eigenvalue weighted by Gasteiger charge is 2.29. The molecule has 0 saturated heterocycles. The summed E-state index contributed by atoms with van der Waals surface area (Å²) in [7, 11) is 0. The number of halogens is 3. The van der Waals surface area contributed by atoms with Gasteiger partial charge in [0.2, 0.25) is 0 Å². The number of aryl methyl sites for hydroxylation is 1. The summed E-state index contributed by atoms with van der Waals surface area (Å²) in [5.41, 5.74) is 1.23. The third kappa shape index (κ3) is 7.73. The highest BCUT2D eigenvalue weighted by atomic mass is 19.4. The van der Waals surface area contributed by atoms with Crippen LogP contribution in [0.3, 0.4) is 0 Å². The Balaban J connectivity index is 2.37. The van der Waals surface area contributed by atoms with Crippen LogP contribution in [0, 0.1) is 0 Å². The maximum Gasteiger partial charge on any atom is 0.422 e. The third-order valence-electron chi connectivity index (χ3n) is 3.13. The van der Waals surface area contributed by atoms with Crippen LogP contribution in [0.1, 0.15) is 54.9 Å². The van der Waals surface area contributed by atoms with Crippen LogP contribution in [0.15, 0.2) is 24.3 Å². The molecule has 0 atom stereocenters. The van der Waals surface area contributed by atoms with Gasteiger partial charge in [-0.3, -0.25) is 0 Å². The molecule has 1 aromatic rings. The number of esters is 1. The zero-order valence-corrected chi connectivity index (χ0v) is 12.2. The van der Waals surface area contributed by atoms with Crippen molar-refractivity contribution in [2.75, 3.05) is 6.61 Å². The van der Waals surface area contributed by atoms with Crippen molar-refractivity contribution in [2.24, 2.45) is 0 Å². The molecule has 0 amide bonds. The van der Waals surface area contributed by atoms with Crippen LogP contribution in [0.2, 0.25) is 0 Å². The highest BCUT2D eigenvalue weighted by Crippen LogP contribution is 2.16. The third-order valence-corrected chi connectivity index (χ3v) is 3.13. The van der Waals surface area contributed by atoms with Gasteiger partial charge in [0.15, 0.2) is 6.61 Å². The minimum Gasteiger partial charge on any atom is -0.452 e. The largest absolute Gasteiger partial charge is 0.452 e. The monoisotopic (exact) mass is 302 g/mol. The first-order chi connectivity index (χ1) is 9.92. The predicted octanol–water partition coefficient (Wildman–Crippen LogP) is 4.92. The van der Waals surface area contributed by atoms with Crippen molar-refractivity contribution in [1.29, 1.82) is 0 Å². The number of hydrogen-bond acceptors (Lipinski definition) is 2. The Morgan fingerprint density at radius 3 is 2.24 bits per heavy atom. The lowest BCUT2D eigenvalue weighted by Gasteiger charge is -2.08. The van der Waals surface area contributed by atoms with Crippen molar-refractivity contribution in [2.45, 2.75) is 51.6 Å². The van der Waals surface area contributed by atoms with Crippen molar-refractivity contribution in [1.82, 2.24) is 0 Å². The smallest absolute Gasteiger partial charge is 0.422 e. The summed E-state index contributed by atoms with van der Waals surface area (Å²) < 4.78 is 40.0. The molecule has 2 nitrogen and oxygen atoms in total. The number of unbranched alkanes of at least 4 members (excludes halogenated alkanes) is 4. The molecule has 1 rings (SSSR count). The Labute approximate surface area is 123 Å². The normalized spacial score (nSPS) is 11.4. The highest BCUT2D eigenvalue weighted by molar-refractivity contribution is 5.89. The van der Waals surface area contributed by atoms with Crippen molar-refractivity contribution in [3.63, 3.8) is 0 Å². The van der Waals surface area contributed by atoms with Crippen LogP contribution in [0.4, 0.5) is 13.2 Å². The molecular formula is C16H21F3O2. The van der Waals surface area contributed by atoms with Crippen molar-refractivity contribution in [3.05, 3.63) is 35.4 Å². The van der Waals surface area contributed by atoms with Gasteiger partial charge in [0.25, 0.3) is 0 Å². The van der Waals surface area contributed by atoms with Gasteiger partial charge >= 0.3 is 12.1 Å². The van der Waals surface area contributed by atoms with Gasteiger partial charge in [-0.2, -0.15) is 13.2 Å². The van der Waals surface area contributed by atoms with E-state index in [1.54, 1.807) is 12.1 Å². The van der Waals surface area contributed by atoms with Gasteiger partial charge in [0.1, 0.15) is 0 Å². The van der Waals surface area contributed by atoms with Crippen LogP contribution in [0.5, 0.6) is 0 Å². The Morgan fingerprint density at radius 2 is 1.67 bits per heavy atom. The second kappa shape index (κ2) is 8.70. The van der Waals surface area contributed by atoms with Crippen molar-refractivity contribution >= 4 is 5.97 Å². The first-order valence-corrected chi connectivity index (χ1v) is 7.25. The molecule has 0 saturated carbocycles. The molecule has 0 aliphatic heterocycles. The van der Waals surface area contributed by atoms with Gasteiger partial charge in [-0.05, 0) is 30.5 Å². The lowest BCUT2D eigenvalue weighted by atomic mass is 10.0.